The van der Waals surface area contributed by atoms with Gasteiger partial charge in [-0.3, -0.25) is 9.59 Å². The molecule has 1 fully saturated rings. The van der Waals surface area contributed by atoms with Gasteiger partial charge in [-0.15, -0.1) is 0 Å². The third-order valence-corrected chi connectivity index (χ3v) is 3.54. The van der Waals surface area contributed by atoms with E-state index in [4.69, 9.17) is 16.4 Å². The first-order valence-electron chi connectivity index (χ1n) is 6.00. The molecule has 1 saturated heterocycles. The van der Waals surface area contributed by atoms with Crippen LogP contribution < -0.4 is 4.90 Å². The fraction of sp³-hybridized carbons (Fsp3) is 0.231. The Morgan fingerprint density at radius 1 is 1.29 bits per heavy atom. The second kappa shape index (κ2) is 4.85. The van der Waals surface area contributed by atoms with Gasteiger partial charge < -0.3 is 9.57 Å². The number of amides is 2. The molecule has 1 aromatic rings. The molecule has 0 aromatic heterocycles. The molecule has 108 valence electrons. The second-order valence-electron chi connectivity index (χ2n) is 4.46. The monoisotopic (exact) mass is 308 g/mol. The number of hydrogen-bond donors (Lipinski definition) is 0. The van der Waals surface area contributed by atoms with E-state index < -0.39 is 29.8 Å². The maximum Gasteiger partial charge on any atom is 0.356 e. The Morgan fingerprint density at radius 3 is 2.57 bits per heavy atom. The largest absolute Gasteiger partial charge is 0.464 e. The SMILES string of the molecule is COC(=O)C1=NO[C@@H]2C(=O)N(c3ccc(Cl)cc3)C(=O)[C@H]12. The molecule has 0 aliphatic carbocycles. The van der Waals surface area contributed by atoms with Gasteiger partial charge >= 0.3 is 5.97 Å². The van der Waals surface area contributed by atoms with Crippen LogP contribution in [0, 0.1) is 5.92 Å². The number of imide groups is 1. The maximum atomic E-state index is 12.4. The van der Waals surface area contributed by atoms with Gasteiger partial charge in [0.2, 0.25) is 12.0 Å². The highest BCUT2D eigenvalue weighted by atomic mass is 35.5. The number of carbonyl (C=O) groups excluding carboxylic acids is 3. The number of fused-ring (bicyclic) bond motifs is 1. The number of ether oxygens (including phenoxy) is 1. The predicted molar refractivity (Wildman–Crippen MR) is 71.8 cm³/mol. The van der Waals surface area contributed by atoms with Crippen molar-refractivity contribution < 1.29 is 24.0 Å². The summed E-state index contributed by atoms with van der Waals surface area (Å²) in [7, 11) is 1.16. The molecule has 1 aromatic carbocycles. The van der Waals surface area contributed by atoms with E-state index in [1.54, 1.807) is 12.1 Å². The van der Waals surface area contributed by atoms with Crippen molar-refractivity contribution >= 4 is 40.8 Å². The first-order valence-corrected chi connectivity index (χ1v) is 6.38. The molecule has 2 aliphatic heterocycles. The summed E-state index contributed by atoms with van der Waals surface area (Å²) >= 11 is 5.78. The zero-order chi connectivity index (χ0) is 15.1. The minimum atomic E-state index is -1.12. The van der Waals surface area contributed by atoms with Crippen LogP contribution in [-0.4, -0.2) is 36.7 Å². The minimum Gasteiger partial charge on any atom is -0.464 e. The summed E-state index contributed by atoms with van der Waals surface area (Å²) in [6.45, 7) is 0. The van der Waals surface area contributed by atoms with Gasteiger partial charge in [-0.25, -0.2) is 9.69 Å². The Labute approximate surface area is 124 Å². The molecular weight excluding hydrogens is 300 g/mol. The molecule has 0 spiro atoms. The summed E-state index contributed by atoms with van der Waals surface area (Å²) in [5.74, 6) is -3.01. The van der Waals surface area contributed by atoms with Crippen LogP contribution in [0.4, 0.5) is 5.69 Å². The average molecular weight is 309 g/mol. The molecule has 21 heavy (non-hydrogen) atoms. The molecule has 0 bridgehead atoms. The van der Waals surface area contributed by atoms with E-state index in [2.05, 4.69) is 9.89 Å². The van der Waals surface area contributed by atoms with Crippen molar-refractivity contribution in [2.24, 2.45) is 11.1 Å². The maximum absolute atomic E-state index is 12.4. The van der Waals surface area contributed by atoms with E-state index in [0.717, 1.165) is 12.0 Å². The van der Waals surface area contributed by atoms with Crippen LogP contribution in [0.15, 0.2) is 29.4 Å². The number of halogens is 1. The molecule has 0 saturated carbocycles. The molecule has 2 heterocycles. The number of hydrogen-bond acceptors (Lipinski definition) is 6. The van der Waals surface area contributed by atoms with E-state index >= 15 is 0 Å². The Kier molecular flexibility index (Phi) is 3.13. The van der Waals surface area contributed by atoms with Gasteiger partial charge in [-0.05, 0) is 24.3 Å². The Bertz CT molecular complexity index is 670. The number of methoxy groups -OCH3 is 1. The molecule has 0 N–H and O–H groups in total. The molecule has 2 amide bonds. The number of rotatable bonds is 2. The van der Waals surface area contributed by atoms with Crippen LogP contribution in [0.25, 0.3) is 0 Å². The van der Waals surface area contributed by atoms with E-state index in [-0.39, 0.29) is 5.71 Å². The highest BCUT2D eigenvalue weighted by molar-refractivity contribution is 6.46. The number of oxime groups is 1. The third kappa shape index (κ3) is 1.97. The molecule has 0 radical (unpaired) electrons. The van der Waals surface area contributed by atoms with E-state index in [9.17, 15) is 14.4 Å². The smallest absolute Gasteiger partial charge is 0.356 e. The van der Waals surface area contributed by atoms with Crippen molar-refractivity contribution in [1.82, 2.24) is 0 Å². The standard InChI is InChI=1S/C13H9ClN2O5/c1-20-13(19)9-8-10(21-15-9)12(18)16(11(8)17)7-4-2-6(14)3-5-7/h2-5,8,10H,1H3/t8-,10+/m1/s1. The average Bonchev–Trinajstić information content (AvgIpc) is 3.01. The van der Waals surface area contributed by atoms with Crippen LogP contribution in [0.1, 0.15) is 0 Å². The summed E-state index contributed by atoms with van der Waals surface area (Å²) in [5, 5.41) is 3.96. The first-order chi connectivity index (χ1) is 10.0. The van der Waals surface area contributed by atoms with Gasteiger partial charge in [0.1, 0.15) is 5.92 Å². The molecule has 3 rings (SSSR count). The lowest BCUT2D eigenvalue weighted by Gasteiger charge is -2.15. The molecule has 2 aliphatic rings. The van der Waals surface area contributed by atoms with Gasteiger partial charge in [0.25, 0.3) is 5.91 Å². The molecule has 2 atom stereocenters. The van der Waals surface area contributed by atoms with Gasteiger partial charge in [0, 0.05) is 5.02 Å². The highest BCUT2D eigenvalue weighted by Crippen LogP contribution is 2.33. The van der Waals surface area contributed by atoms with Crippen LogP contribution in [0.2, 0.25) is 5.02 Å². The van der Waals surface area contributed by atoms with E-state index in [1.165, 1.54) is 12.1 Å². The van der Waals surface area contributed by atoms with Gasteiger partial charge in [0.15, 0.2) is 5.71 Å². The zero-order valence-corrected chi connectivity index (χ0v) is 11.5. The Hall–Kier alpha value is -2.41. The predicted octanol–water partition coefficient (Wildman–Crippen LogP) is 0.757. The number of nitrogens with zero attached hydrogens (tertiary/aromatic N) is 2. The number of esters is 1. The van der Waals surface area contributed by atoms with Crippen molar-refractivity contribution in [3.05, 3.63) is 29.3 Å². The Balaban J connectivity index is 1.95. The fourth-order valence-electron chi connectivity index (χ4n) is 2.30. The van der Waals surface area contributed by atoms with Crippen molar-refractivity contribution in [2.75, 3.05) is 12.0 Å². The van der Waals surface area contributed by atoms with Crippen LogP contribution in [0.3, 0.4) is 0 Å². The molecule has 7 nitrogen and oxygen atoms in total. The quantitative estimate of drug-likeness (QED) is 0.595. The van der Waals surface area contributed by atoms with Crippen molar-refractivity contribution in [1.29, 1.82) is 0 Å². The van der Waals surface area contributed by atoms with Crippen molar-refractivity contribution in [2.45, 2.75) is 6.10 Å². The van der Waals surface area contributed by atoms with Crippen LogP contribution in [-0.2, 0) is 24.0 Å². The molecule has 0 unspecified atom stereocenters. The fourth-order valence-corrected chi connectivity index (χ4v) is 2.42. The first kappa shape index (κ1) is 13.6. The number of benzene rings is 1. The minimum absolute atomic E-state index is 0.197. The highest BCUT2D eigenvalue weighted by Gasteiger charge is 2.57. The summed E-state index contributed by atoms with van der Waals surface area (Å²) in [5.41, 5.74) is 0.161. The summed E-state index contributed by atoms with van der Waals surface area (Å²) < 4.78 is 4.53. The lowest BCUT2D eigenvalue weighted by atomic mass is 10.00. The zero-order valence-electron chi connectivity index (χ0n) is 10.8. The van der Waals surface area contributed by atoms with Crippen molar-refractivity contribution in [3.8, 4) is 0 Å². The van der Waals surface area contributed by atoms with Crippen LogP contribution >= 0.6 is 11.6 Å². The second-order valence-corrected chi connectivity index (χ2v) is 4.90. The van der Waals surface area contributed by atoms with E-state index in [1.807, 2.05) is 0 Å². The molecular formula is C13H9ClN2O5. The Morgan fingerprint density at radius 2 is 1.95 bits per heavy atom. The molecule has 8 heteroatoms. The lowest BCUT2D eigenvalue weighted by molar-refractivity contribution is -0.133. The van der Waals surface area contributed by atoms with E-state index in [0.29, 0.717) is 10.7 Å². The number of carbonyl (C=O) groups is 3. The van der Waals surface area contributed by atoms with Crippen molar-refractivity contribution in [3.63, 3.8) is 0 Å². The van der Waals surface area contributed by atoms with Crippen LogP contribution in [0.5, 0.6) is 0 Å². The lowest BCUT2D eigenvalue weighted by Crippen LogP contribution is -2.34. The summed E-state index contributed by atoms with van der Waals surface area (Å²) in [6, 6.07) is 6.19. The topological polar surface area (TPSA) is 85.3 Å². The number of anilines is 1. The normalized spacial score (nSPS) is 23.7. The third-order valence-electron chi connectivity index (χ3n) is 3.29. The summed E-state index contributed by atoms with van der Waals surface area (Å²) in [4.78, 5) is 42.1. The van der Waals surface area contributed by atoms with Gasteiger partial charge in [-0.2, -0.15) is 0 Å². The van der Waals surface area contributed by atoms with Gasteiger partial charge in [0.05, 0.1) is 12.8 Å². The van der Waals surface area contributed by atoms with Gasteiger partial charge in [-0.1, -0.05) is 16.8 Å². The summed E-state index contributed by atoms with van der Waals surface area (Å²) in [6.07, 6.45) is -1.12.